The van der Waals surface area contributed by atoms with Crippen molar-refractivity contribution in [3.8, 4) is 11.3 Å². The zero-order valence-electron chi connectivity index (χ0n) is 13.6. The summed E-state index contributed by atoms with van der Waals surface area (Å²) >= 11 is 0. The summed E-state index contributed by atoms with van der Waals surface area (Å²) in [6, 6.07) is 11.5. The van der Waals surface area contributed by atoms with Crippen LogP contribution in [0.2, 0.25) is 0 Å². The summed E-state index contributed by atoms with van der Waals surface area (Å²) in [5, 5.41) is 0.699. The minimum Gasteiger partial charge on any atom is -0.340 e. The zero-order chi connectivity index (χ0) is 17.4. The second kappa shape index (κ2) is 6.37. The molecule has 4 rings (SSSR count). The van der Waals surface area contributed by atoms with Crippen LogP contribution >= 0.6 is 0 Å². The van der Waals surface area contributed by atoms with Gasteiger partial charge in [0.15, 0.2) is 11.6 Å². The Labute approximate surface area is 144 Å². The van der Waals surface area contributed by atoms with Crippen LogP contribution in [0, 0.1) is 17.6 Å². The molecular weight excluding hydrogens is 322 g/mol. The summed E-state index contributed by atoms with van der Waals surface area (Å²) in [5.41, 5.74) is 7.03. The summed E-state index contributed by atoms with van der Waals surface area (Å²) in [6.07, 6.45) is 0.982. The van der Waals surface area contributed by atoms with Crippen molar-refractivity contribution < 1.29 is 8.78 Å². The number of fused-ring (bicyclic) bond motifs is 1. The van der Waals surface area contributed by atoms with Gasteiger partial charge in [0.2, 0.25) is 5.95 Å². The van der Waals surface area contributed by atoms with Crippen molar-refractivity contribution in [3.63, 3.8) is 0 Å². The molecule has 3 aromatic rings. The molecule has 1 saturated heterocycles. The summed E-state index contributed by atoms with van der Waals surface area (Å²) < 4.78 is 28.1. The molecule has 25 heavy (non-hydrogen) atoms. The molecule has 0 bridgehead atoms. The van der Waals surface area contributed by atoms with Gasteiger partial charge in [-0.1, -0.05) is 24.3 Å². The van der Waals surface area contributed by atoms with E-state index >= 15 is 0 Å². The fourth-order valence-corrected chi connectivity index (χ4v) is 3.30. The van der Waals surface area contributed by atoms with E-state index in [-0.39, 0.29) is 5.56 Å². The Bertz CT molecular complexity index is 928. The van der Waals surface area contributed by atoms with Gasteiger partial charge < -0.3 is 10.6 Å². The Morgan fingerprint density at radius 1 is 1.08 bits per heavy atom. The average molecular weight is 340 g/mol. The van der Waals surface area contributed by atoms with E-state index in [1.54, 1.807) is 6.07 Å². The first-order valence-corrected chi connectivity index (χ1v) is 8.33. The molecule has 6 heteroatoms. The lowest BCUT2D eigenvalue weighted by atomic mass is 10.1. The second-order valence-corrected chi connectivity index (χ2v) is 6.33. The Morgan fingerprint density at radius 2 is 1.92 bits per heavy atom. The van der Waals surface area contributed by atoms with Gasteiger partial charge in [0, 0.05) is 24.0 Å². The largest absolute Gasteiger partial charge is 0.340 e. The third-order valence-electron chi connectivity index (χ3n) is 4.70. The molecule has 1 aliphatic rings. The van der Waals surface area contributed by atoms with Gasteiger partial charge in [-0.3, -0.25) is 0 Å². The van der Waals surface area contributed by atoms with Crippen molar-refractivity contribution in [2.45, 2.75) is 6.42 Å². The van der Waals surface area contributed by atoms with Gasteiger partial charge in [-0.25, -0.2) is 18.7 Å². The number of nitrogens with two attached hydrogens (primary N) is 1. The highest BCUT2D eigenvalue weighted by Gasteiger charge is 2.25. The van der Waals surface area contributed by atoms with E-state index in [1.807, 2.05) is 24.3 Å². The van der Waals surface area contributed by atoms with Crippen LogP contribution in [0.5, 0.6) is 0 Å². The van der Waals surface area contributed by atoms with Gasteiger partial charge in [-0.2, -0.15) is 0 Å². The average Bonchev–Trinajstić information content (AvgIpc) is 3.12. The lowest BCUT2D eigenvalue weighted by Gasteiger charge is -2.18. The van der Waals surface area contributed by atoms with Crippen LogP contribution in [0.1, 0.15) is 6.42 Å². The maximum Gasteiger partial charge on any atom is 0.226 e. The molecule has 0 saturated carbocycles. The fraction of sp³-hybridized carbons (Fsp3) is 0.263. The van der Waals surface area contributed by atoms with E-state index in [0.29, 0.717) is 35.0 Å². The summed E-state index contributed by atoms with van der Waals surface area (Å²) in [5.74, 6) is -0.831. The lowest BCUT2D eigenvalue weighted by molar-refractivity contribution is 0.511. The van der Waals surface area contributed by atoms with Crippen molar-refractivity contribution in [2.75, 3.05) is 24.5 Å². The smallest absolute Gasteiger partial charge is 0.226 e. The van der Waals surface area contributed by atoms with Crippen molar-refractivity contribution in [2.24, 2.45) is 11.7 Å². The standard InChI is InChI=1S/C19H18F2N4/c20-15-6-3-5-14(17(15)21)18-13-4-1-2-7-16(13)23-19(24-18)25-9-8-12(10-22)11-25/h1-7,12H,8-11,22H2. The van der Waals surface area contributed by atoms with E-state index in [0.717, 1.165) is 25.6 Å². The van der Waals surface area contributed by atoms with E-state index in [4.69, 9.17) is 5.73 Å². The number of hydrogen-bond acceptors (Lipinski definition) is 4. The topological polar surface area (TPSA) is 55.0 Å². The predicted octanol–water partition coefficient (Wildman–Crippen LogP) is 3.36. The number of benzene rings is 2. The molecule has 0 aliphatic carbocycles. The number of nitrogens with zero attached hydrogens (tertiary/aromatic N) is 3. The molecule has 1 atom stereocenters. The van der Waals surface area contributed by atoms with Gasteiger partial charge >= 0.3 is 0 Å². The monoisotopic (exact) mass is 340 g/mol. The summed E-state index contributed by atoms with van der Waals surface area (Å²) in [4.78, 5) is 11.3. The molecule has 2 heterocycles. The number of aromatic nitrogens is 2. The molecule has 0 amide bonds. The van der Waals surface area contributed by atoms with Crippen LogP contribution in [-0.4, -0.2) is 29.6 Å². The molecule has 1 aliphatic heterocycles. The highest BCUT2D eigenvalue weighted by molar-refractivity contribution is 5.93. The molecule has 2 N–H and O–H groups in total. The van der Waals surface area contributed by atoms with E-state index < -0.39 is 11.6 Å². The first-order valence-electron chi connectivity index (χ1n) is 8.33. The van der Waals surface area contributed by atoms with E-state index in [9.17, 15) is 8.78 Å². The summed E-state index contributed by atoms with van der Waals surface area (Å²) in [6.45, 7) is 2.21. The van der Waals surface area contributed by atoms with Crippen LogP contribution in [0.15, 0.2) is 42.5 Å². The van der Waals surface area contributed by atoms with Crippen molar-refractivity contribution in [3.05, 3.63) is 54.1 Å². The van der Waals surface area contributed by atoms with Crippen LogP contribution in [0.25, 0.3) is 22.2 Å². The fourth-order valence-electron chi connectivity index (χ4n) is 3.30. The maximum absolute atomic E-state index is 14.4. The van der Waals surface area contributed by atoms with Gasteiger partial charge in [-0.15, -0.1) is 0 Å². The second-order valence-electron chi connectivity index (χ2n) is 6.33. The molecule has 4 nitrogen and oxygen atoms in total. The van der Waals surface area contributed by atoms with Crippen LogP contribution in [0.3, 0.4) is 0 Å². The Hall–Kier alpha value is -2.60. The zero-order valence-corrected chi connectivity index (χ0v) is 13.6. The quantitative estimate of drug-likeness (QED) is 0.794. The number of halogens is 2. The minimum absolute atomic E-state index is 0.148. The number of para-hydroxylation sites is 1. The van der Waals surface area contributed by atoms with Gasteiger partial charge in [0.25, 0.3) is 0 Å². The Balaban J connectivity index is 1.89. The number of anilines is 1. The molecule has 1 aromatic heterocycles. The van der Waals surface area contributed by atoms with Crippen LogP contribution in [0.4, 0.5) is 14.7 Å². The lowest BCUT2D eigenvalue weighted by Crippen LogP contribution is -2.24. The third-order valence-corrected chi connectivity index (χ3v) is 4.70. The van der Waals surface area contributed by atoms with E-state index in [1.165, 1.54) is 6.07 Å². The van der Waals surface area contributed by atoms with Crippen molar-refractivity contribution in [1.29, 1.82) is 0 Å². The van der Waals surface area contributed by atoms with Crippen LogP contribution in [-0.2, 0) is 0 Å². The van der Waals surface area contributed by atoms with Gasteiger partial charge in [0.1, 0.15) is 0 Å². The first-order chi connectivity index (χ1) is 12.2. The molecule has 1 unspecified atom stereocenters. The molecule has 1 fully saturated rings. The third kappa shape index (κ3) is 2.82. The Kier molecular flexibility index (Phi) is 4.05. The maximum atomic E-state index is 14.4. The molecule has 2 aromatic carbocycles. The Morgan fingerprint density at radius 3 is 2.72 bits per heavy atom. The van der Waals surface area contributed by atoms with Gasteiger partial charge in [-0.05, 0) is 37.1 Å². The molecular formula is C19H18F2N4. The van der Waals surface area contributed by atoms with Gasteiger partial charge in [0.05, 0.1) is 11.2 Å². The number of rotatable bonds is 3. The molecule has 0 radical (unpaired) electrons. The minimum atomic E-state index is -0.890. The number of hydrogen-bond donors (Lipinski definition) is 1. The van der Waals surface area contributed by atoms with E-state index in [2.05, 4.69) is 14.9 Å². The normalized spacial score (nSPS) is 17.4. The predicted molar refractivity (Wildman–Crippen MR) is 94.3 cm³/mol. The molecule has 0 spiro atoms. The summed E-state index contributed by atoms with van der Waals surface area (Å²) in [7, 11) is 0. The van der Waals surface area contributed by atoms with Crippen LogP contribution < -0.4 is 10.6 Å². The highest BCUT2D eigenvalue weighted by atomic mass is 19.2. The first kappa shape index (κ1) is 15.9. The molecule has 128 valence electrons. The van der Waals surface area contributed by atoms with Crippen molar-refractivity contribution >= 4 is 16.9 Å². The van der Waals surface area contributed by atoms with Crippen molar-refractivity contribution in [1.82, 2.24) is 9.97 Å². The SMILES string of the molecule is NCC1CCN(c2nc(-c3cccc(F)c3F)c3ccccc3n2)C1. The highest BCUT2D eigenvalue weighted by Crippen LogP contribution is 2.32.